The van der Waals surface area contributed by atoms with Crippen molar-refractivity contribution >= 4 is 34.4 Å². The van der Waals surface area contributed by atoms with E-state index in [2.05, 4.69) is 20.9 Å². The second-order valence-corrected chi connectivity index (χ2v) is 7.80. The number of carboxylic acids is 1. The number of hydrogen-bond acceptors (Lipinski definition) is 5. The zero-order valence-electron chi connectivity index (χ0n) is 15.3. The van der Waals surface area contributed by atoms with Crippen molar-refractivity contribution in [3.63, 3.8) is 0 Å². The molecule has 1 unspecified atom stereocenters. The quantitative estimate of drug-likeness (QED) is 0.604. The number of rotatable bonds is 6. The van der Waals surface area contributed by atoms with Gasteiger partial charge in [0.1, 0.15) is 11.7 Å². The minimum Gasteiger partial charge on any atom is -0.480 e. The molecule has 2 aromatic rings. The summed E-state index contributed by atoms with van der Waals surface area (Å²) < 4.78 is 0. The Balaban J connectivity index is 1.92. The van der Waals surface area contributed by atoms with Crippen molar-refractivity contribution in [3.8, 4) is 0 Å². The fraction of sp³-hybridized carbons (Fsp3) is 0.333. The lowest BCUT2D eigenvalue weighted by atomic mass is 9.87. The number of urea groups is 1. The summed E-state index contributed by atoms with van der Waals surface area (Å²) in [6, 6.07) is 7.92. The van der Waals surface area contributed by atoms with Gasteiger partial charge < -0.3 is 15.7 Å². The molecule has 9 heteroatoms. The zero-order chi connectivity index (χ0) is 20.0. The van der Waals surface area contributed by atoms with Crippen LogP contribution in [0.15, 0.2) is 35.7 Å². The van der Waals surface area contributed by atoms with Crippen LogP contribution >= 0.6 is 11.3 Å². The zero-order valence-corrected chi connectivity index (χ0v) is 16.1. The van der Waals surface area contributed by atoms with Crippen molar-refractivity contribution in [1.82, 2.24) is 15.6 Å². The lowest BCUT2D eigenvalue weighted by Gasteiger charge is -2.27. The fourth-order valence-electron chi connectivity index (χ4n) is 2.21. The molecule has 0 bridgehead atoms. The van der Waals surface area contributed by atoms with Gasteiger partial charge in [0.15, 0.2) is 5.13 Å². The maximum absolute atomic E-state index is 12.3. The Morgan fingerprint density at radius 3 is 2.44 bits per heavy atom. The van der Waals surface area contributed by atoms with Crippen molar-refractivity contribution in [3.05, 3.63) is 47.0 Å². The molecule has 1 aromatic heterocycles. The first kappa shape index (κ1) is 20.4. The van der Waals surface area contributed by atoms with E-state index in [0.29, 0.717) is 6.54 Å². The highest BCUT2D eigenvalue weighted by molar-refractivity contribution is 7.14. The van der Waals surface area contributed by atoms with Gasteiger partial charge in [0.05, 0.1) is 0 Å². The minimum atomic E-state index is -1.12. The van der Waals surface area contributed by atoms with Gasteiger partial charge in [-0.2, -0.15) is 0 Å². The van der Waals surface area contributed by atoms with Crippen molar-refractivity contribution < 1.29 is 19.5 Å². The maximum atomic E-state index is 12.3. The Bertz CT molecular complexity index is 814. The first-order valence-corrected chi connectivity index (χ1v) is 9.13. The van der Waals surface area contributed by atoms with Gasteiger partial charge in [0.25, 0.3) is 5.91 Å². The summed E-state index contributed by atoms with van der Waals surface area (Å²) >= 11 is 1.08. The molecule has 1 atom stereocenters. The van der Waals surface area contributed by atoms with E-state index in [1.807, 2.05) is 30.3 Å². The van der Waals surface area contributed by atoms with Gasteiger partial charge in [-0.1, -0.05) is 51.1 Å². The molecule has 1 heterocycles. The smallest absolute Gasteiger partial charge is 0.326 e. The Morgan fingerprint density at radius 2 is 1.85 bits per heavy atom. The molecule has 3 amide bonds. The highest BCUT2D eigenvalue weighted by Crippen LogP contribution is 2.21. The van der Waals surface area contributed by atoms with E-state index in [4.69, 9.17) is 0 Å². The standard InChI is InChI=1S/C18H22N4O4S/c1-18(2,3)13(15(24)25)21-14(23)12-10-27-17(20-12)22-16(26)19-9-11-7-5-4-6-8-11/h4-8,10,13H,9H2,1-3H3,(H,21,23)(H,24,25)(H2,19,20,22,26). The Hall–Kier alpha value is -2.94. The molecule has 0 radical (unpaired) electrons. The molecule has 0 fully saturated rings. The number of carbonyl (C=O) groups is 3. The molecule has 0 aliphatic heterocycles. The van der Waals surface area contributed by atoms with Crippen LogP contribution in [0.25, 0.3) is 0 Å². The number of nitrogens with zero attached hydrogens (tertiary/aromatic N) is 1. The third kappa shape index (κ3) is 6.07. The number of aromatic nitrogens is 1. The maximum Gasteiger partial charge on any atom is 0.326 e. The monoisotopic (exact) mass is 390 g/mol. The lowest BCUT2D eigenvalue weighted by Crippen LogP contribution is -2.49. The van der Waals surface area contributed by atoms with E-state index in [-0.39, 0.29) is 10.8 Å². The molecule has 0 spiro atoms. The summed E-state index contributed by atoms with van der Waals surface area (Å²) in [6.45, 7) is 5.52. The molecular weight excluding hydrogens is 368 g/mol. The van der Waals surface area contributed by atoms with Gasteiger partial charge in [0, 0.05) is 11.9 Å². The van der Waals surface area contributed by atoms with Gasteiger partial charge in [-0.15, -0.1) is 11.3 Å². The van der Waals surface area contributed by atoms with E-state index < -0.39 is 29.4 Å². The highest BCUT2D eigenvalue weighted by Gasteiger charge is 2.33. The highest BCUT2D eigenvalue weighted by atomic mass is 32.1. The number of thiazole rings is 1. The first-order chi connectivity index (χ1) is 12.7. The molecular formula is C18H22N4O4S. The van der Waals surface area contributed by atoms with E-state index in [1.165, 1.54) is 5.38 Å². The Morgan fingerprint density at radius 1 is 1.19 bits per heavy atom. The Labute approximate surface area is 161 Å². The van der Waals surface area contributed by atoms with Gasteiger partial charge >= 0.3 is 12.0 Å². The van der Waals surface area contributed by atoms with Gasteiger partial charge in [0.2, 0.25) is 0 Å². The predicted octanol–water partition coefficient (Wildman–Crippen LogP) is 2.69. The van der Waals surface area contributed by atoms with Crippen molar-refractivity contribution in [2.45, 2.75) is 33.4 Å². The van der Waals surface area contributed by atoms with Crippen LogP contribution in [0.5, 0.6) is 0 Å². The summed E-state index contributed by atoms with van der Waals surface area (Å²) in [5.41, 5.74) is 0.346. The summed E-state index contributed by atoms with van der Waals surface area (Å²) in [6.07, 6.45) is 0. The summed E-state index contributed by atoms with van der Waals surface area (Å²) in [5, 5.41) is 18.7. The number of nitrogens with one attached hydrogen (secondary N) is 3. The molecule has 1 aromatic carbocycles. The van der Waals surface area contributed by atoms with Crippen LogP contribution in [0.3, 0.4) is 0 Å². The number of hydrogen-bond donors (Lipinski definition) is 4. The normalized spacial score (nSPS) is 12.1. The minimum absolute atomic E-state index is 0.0499. The first-order valence-electron chi connectivity index (χ1n) is 8.25. The van der Waals surface area contributed by atoms with Crippen LogP contribution in [-0.4, -0.2) is 34.0 Å². The predicted molar refractivity (Wildman–Crippen MR) is 103 cm³/mol. The molecule has 4 N–H and O–H groups in total. The van der Waals surface area contributed by atoms with Gasteiger partial charge in [-0.3, -0.25) is 10.1 Å². The second kappa shape index (κ2) is 8.63. The van der Waals surface area contributed by atoms with Gasteiger partial charge in [-0.05, 0) is 11.0 Å². The number of anilines is 1. The van der Waals surface area contributed by atoms with Crippen LogP contribution < -0.4 is 16.0 Å². The summed E-state index contributed by atoms with van der Waals surface area (Å²) in [7, 11) is 0. The average Bonchev–Trinajstić information content (AvgIpc) is 3.06. The second-order valence-electron chi connectivity index (χ2n) is 6.94. The molecule has 27 heavy (non-hydrogen) atoms. The molecule has 144 valence electrons. The van der Waals surface area contributed by atoms with E-state index in [9.17, 15) is 19.5 Å². The van der Waals surface area contributed by atoms with Crippen LogP contribution in [-0.2, 0) is 11.3 Å². The van der Waals surface area contributed by atoms with Crippen LogP contribution in [0.2, 0.25) is 0 Å². The van der Waals surface area contributed by atoms with Crippen LogP contribution in [0.4, 0.5) is 9.93 Å². The van der Waals surface area contributed by atoms with E-state index >= 15 is 0 Å². The molecule has 0 aliphatic carbocycles. The third-order valence-electron chi connectivity index (χ3n) is 3.64. The molecule has 8 nitrogen and oxygen atoms in total. The number of carbonyl (C=O) groups excluding carboxylic acids is 2. The summed E-state index contributed by atoms with van der Waals surface area (Å²) in [5.74, 6) is -1.73. The number of aliphatic carboxylic acids is 1. The van der Waals surface area contributed by atoms with Crippen molar-refractivity contribution in [2.24, 2.45) is 5.41 Å². The van der Waals surface area contributed by atoms with Crippen molar-refractivity contribution in [1.29, 1.82) is 0 Å². The molecule has 0 saturated carbocycles. The largest absolute Gasteiger partial charge is 0.480 e. The molecule has 0 saturated heterocycles. The van der Waals surface area contributed by atoms with Gasteiger partial charge in [-0.25, -0.2) is 14.6 Å². The van der Waals surface area contributed by atoms with Crippen molar-refractivity contribution in [2.75, 3.05) is 5.32 Å². The lowest BCUT2D eigenvalue weighted by molar-refractivity contribution is -0.142. The summed E-state index contributed by atoms with van der Waals surface area (Å²) in [4.78, 5) is 39.6. The SMILES string of the molecule is CC(C)(C)C(NC(=O)c1csc(NC(=O)NCc2ccccc2)n1)C(=O)O. The number of benzene rings is 1. The number of amides is 3. The van der Waals surface area contributed by atoms with Crippen LogP contribution in [0, 0.1) is 5.41 Å². The molecule has 2 rings (SSSR count). The topological polar surface area (TPSA) is 120 Å². The van der Waals surface area contributed by atoms with E-state index in [1.54, 1.807) is 20.8 Å². The third-order valence-corrected chi connectivity index (χ3v) is 4.40. The van der Waals surface area contributed by atoms with E-state index in [0.717, 1.165) is 16.9 Å². The average molecular weight is 390 g/mol. The molecule has 0 aliphatic rings. The van der Waals surface area contributed by atoms with Crippen LogP contribution in [0.1, 0.15) is 36.8 Å². The number of carboxylic acid groups (broad SMARTS) is 1. The Kier molecular flexibility index (Phi) is 6.51. The fourth-order valence-corrected chi connectivity index (χ4v) is 2.89.